The van der Waals surface area contributed by atoms with Gasteiger partial charge in [-0.15, -0.1) is 0 Å². The van der Waals surface area contributed by atoms with Gasteiger partial charge in [-0.25, -0.2) is 4.98 Å². The van der Waals surface area contributed by atoms with Crippen LogP contribution < -0.4 is 0 Å². The molecule has 6 rings (SSSR count). The van der Waals surface area contributed by atoms with Crippen LogP contribution in [0.5, 0.6) is 0 Å². The fraction of sp³-hybridized carbons (Fsp3) is 0. The first kappa shape index (κ1) is 17.7. The summed E-state index contributed by atoms with van der Waals surface area (Å²) in [6.07, 6.45) is 3.32. The van der Waals surface area contributed by atoms with Gasteiger partial charge in [0.1, 0.15) is 6.26 Å². The largest absolute Gasteiger partial charge is 0.445 e. The third kappa shape index (κ3) is 3.01. The Morgan fingerprint density at radius 1 is 0.548 bits per heavy atom. The number of nitrogens with zero attached hydrogens (tertiary/aromatic N) is 1. The van der Waals surface area contributed by atoms with Crippen LogP contribution in [0.15, 0.2) is 120 Å². The van der Waals surface area contributed by atoms with Gasteiger partial charge < -0.3 is 4.42 Å². The van der Waals surface area contributed by atoms with Crippen molar-refractivity contribution >= 4 is 21.5 Å². The van der Waals surface area contributed by atoms with Crippen LogP contribution in [0.4, 0.5) is 0 Å². The zero-order valence-electron chi connectivity index (χ0n) is 16.8. The van der Waals surface area contributed by atoms with Crippen molar-refractivity contribution < 1.29 is 4.42 Å². The average Bonchev–Trinajstić information content (AvgIpc) is 3.37. The Morgan fingerprint density at radius 2 is 1.26 bits per heavy atom. The Kier molecular flexibility index (Phi) is 4.14. The summed E-state index contributed by atoms with van der Waals surface area (Å²) in [6, 6.07) is 36.5. The molecule has 0 saturated heterocycles. The molecule has 0 bridgehead atoms. The zero-order chi connectivity index (χ0) is 20.6. The predicted octanol–water partition coefficient (Wildman–Crippen LogP) is 7.98. The molecule has 0 aliphatic heterocycles. The zero-order valence-corrected chi connectivity index (χ0v) is 16.8. The van der Waals surface area contributed by atoms with Crippen molar-refractivity contribution in [2.75, 3.05) is 0 Å². The molecule has 0 saturated carbocycles. The molecule has 2 heteroatoms. The maximum atomic E-state index is 5.70. The van der Waals surface area contributed by atoms with E-state index >= 15 is 0 Å². The second kappa shape index (κ2) is 7.26. The molecule has 0 aliphatic carbocycles. The van der Waals surface area contributed by atoms with E-state index in [0.29, 0.717) is 5.89 Å². The fourth-order valence-electron chi connectivity index (χ4n) is 4.41. The number of aromatic nitrogens is 1. The van der Waals surface area contributed by atoms with Gasteiger partial charge in [0.15, 0.2) is 0 Å². The van der Waals surface area contributed by atoms with E-state index in [1.807, 2.05) is 6.07 Å². The van der Waals surface area contributed by atoms with Crippen LogP contribution in [0.25, 0.3) is 55.3 Å². The van der Waals surface area contributed by atoms with Crippen molar-refractivity contribution in [3.8, 4) is 33.7 Å². The number of fused-ring (bicyclic) bond motifs is 2. The molecular formula is C29H19NO. The lowest BCUT2D eigenvalue weighted by Crippen LogP contribution is -1.91. The number of hydrogen-bond acceptors (Lipinski definition) is 2. The second-order valence-electron chi connectivity index (χ2n) is 7.66. The highest BCUT2D eigenvalue weighted by Gasteiger charge is 2.17. The molecule has 146 valence electrons. The summed E-state index contributed by atoms with van der Waals surface area (Å²) < 4.78 is 5.70. The van der Waals surface area contributed by atoms with E-state index in [4.69, 9.17) is 4.42 Å². The highest BCUT2D eigenvalue weighted by Crippen LogP contribution is 2.43. The lowest BCUT2D eigenvalue weighted by molar-refractivity contribution is 0.575. The van der Waals surface area contributed by atoms with Crippen molar-refractivity contribution in [2.45, 2.75) is 0 Å². The molecule has 0 aliphatic rings. The molecule has 0 unspecified atom stereocenters. The first-order chi connectivity index (χ1) is 15.4. The molecule has 0 atom stereocenters. The van der Waals surface area contributed by atoms with Crippen molar-refractivity contribution in [2.24, 2.45) is 0 Å². The lowest BCUT2D eigenvalue weighted by Gasteiger charge is -2.17. The highest BCUT2D eigenvalue weighted by atomic mass is 16.3. The van der Waals surface area contributed by atoms with E-state index in [9.17, 15) is 0 Å². The van der Waals surface area contributed by atoms with Crippen molar-refractivity contribution in [3.05, 3.63) is 116 Å². The molecule has 2 nitrogen and oxygen atoms in total. The quantitative estimate of drug-likeness (QED) is 0.283. The molecular weight excluding hydrogens is 378 g/mol. The van der Waals surface area contributed by atoms with E-state index in [-0.39, 0.29) is 0 Å². The van der Waals surface area contributed by atoms with E-state index in [1.54, 1.807) is 12.5 Å². The number of hydrogen-bond donors (Lipinski definition) is 0. The van der Waals surface area contributed by atoms with E-state index in [1.165, 1.54) is 38.2 Å². The summed E-state index contributed by atoms with van der Waals surface area (Å²) in [5.74, 6) is 0.632. The summed E-state index contributed by atoms with van der Waals surface area (Å²) in [6.45, 7) is 0. The van der Waals surface area contributed by atoms with Crippen molar-refractivity contribution in [1.29, 1.82) is 0 Å². The topological polar surface area (TPSA) is 26.0 Å². The number of rotatable bonds is 3. The maximum Gasteiger partial charge on any atom is 0.226 e. The minimum atomic E-state index is 0.632. The maximum absolute atomic E-state index is 5.70. The molecule has 0 amide bonds. The van der Waals surface area contributed by atoms with Gasteiger partial charge >= 0.3 is 0 Å². The Balaban J connectivity index is 1.76. The van der Waals surface area contributed by atoms with Gasteiger partial charge in [0, 0.05) is 5.56 Å². The third-order valence-electron chi connectivity index (χ3n) is 5.83. The van der Waals surface area contributed by atoms with Crippen LogP contribution in [0, 0.1) is 0 Å². The van der Waals surface area contributed by atoms with Gasteiger partial charge in [-0.3, -0.25) is 0 Å². The van der Waals surface area contributed by atoms with Gasteiger partial charge in [-0.1, -0.05) is 84.9 Å². The molecule has 0 radical (unpaired) electrons. The van der Waals surface area contributed by atoms with Gasteiger partial charge in [0.2, 0.25) is 5.89 Å². The predicted molar refractivity (Wildman–Crippen MR) is 128 cm³/mol. The van der Waals surface area contributed by atoms with Gasteiger partial charge in [-0.05, 0) is 62.0 Å². The summed E-state index contributed by atoms with van der Waals surface area (Å²) in [5, 5.41) is 4.92. The smallest absolute Gasteiger partial charge is 0.226 e. The van der Waals surface area contributed by atoms with Crippen LogP contribution in [-0.4, -0.2) is 4.98 Å². The third-order valence-corrected chi connectivity index (χ3v) is 5.83. The number of benzene rings is 5. The van der Waals surface area contributed by atoms with Crippen LogP contribution >= 0.6 is 0 Å². The molecule has 31 heavy (non-hydrogen) atoms. The molecule has 1 heterocycles. The highest BCUT2D eigenvalue weighted by molar-refractivity contribution is 6.11. The summed E-state index contributed by atoms with van der Waals surface area (Å²) in [4.78, 5) is 4.44. The van der Waals surface area contributed by atoms with E-state index < -0.39 is 0 Å². The minimum absolute atomic E-state index is 0.632. The molecule has 5 aromatic carbocycles. The molecule has 0 spiro atoms. The first-order valence-corrected chi connectivity index (χ1v) is 10.4. The Morgan fingerprint density at radius 3 is 2.03 bits per heavy atom. The van der Waals surface area contributed by atoms with Crippen molar-refractivity contribution in [1.82, 2.24) is 4.98 Å². The van der Waals surface area contributed by atoms with Crippen LogP contribution in [-0.2, 0) is 0 Å². The standard InChI is InChI=1S/C29H19NO/c1-2-8-20(9-3-1)24-15-14-23-18-21-10-4-5-11-22(21)19-27(23)28(24)25-12-6-7-13-26(25)29-30-16-17-31-29/h1-19H. The molecule has 6 aromatic rings. The number of oxazole rings is 1. The summed E-state index contributed by atoms with van der Waals surface area (Å²) in [5.41, 5.74) is 5.69. The molecule has 1 aromatic heterocycles. The summed E-state index contributed by atoms with van der Waals surface area (Å²) >= 11 is 0. The van der Waals surface area contributed by atoms with Crippen molar-refractivity contribution in [3.63, 3.8) is 0 Å². The second-order valence-corrected chi connectivity index (χ2v) is 7.66. The van der Waals surface area contributed by atoms with Crippen LogP contribution in [0.3, 0.4) is 0 Å². The van der Waals surface area contributed by atoms with Crippen LogP contribution in [0.1, 0.15) is 0 Å². The van der Waals surface area contributed by atoms with Gasteiger partial charge in [0.05, 0.1) is 6.20 Å². The van der Waals surface area contributed by atoms with Gasteiger partial charge in [-0.2, -0.15) is 0 Å². The minimum Gasteiger partial charge on any atom is -0.445 e. The van der Waals surface area contributed by atoms with E-state index in [2.05, 4.69) is 102 Å². The SMILES string of the molecule is c1ccc(-c2ccc3cc4ccccc4cc3c2-c2ccccc2-c2ncco2)cc1. The molecule has 0 N–H and O–H groups in total. The van der Waals surface area contributed by atoms with Gasteiger partial charge in [0.25, 0.3) is 0 Å². The van der Waals surface area contributed by atoms with E-state index in [0.717, 1.165) is 11.1 Å². The lowest BCUT2D eigenvalue weighted by atomic mass is 9.87. The molecule has 0 fully saturated rings. The monoisotopic (exact) mass is 397 g/mol. The average molecular weight is 397 g/mol. The fourth-order valence-corrected chi connectivity index (χ4v) is 4.41. The summed E-state index contributed by atoms with van der Waals surface area (Å²) in [7, 11) is 0. The first-order valence-electron chi connectivity index (χ1n) is 10.4. The van der Waals surface area contributed by atoms with Crippen LogP contribution in [0.2, 0.25) is 0 Å². The Labute approximate surface area is 180 Å². The Hall–Kier alpha value is -4.17. The Bertz CT molecular complexity index is 1520. The normalized spacial score (nSPS) is 11.2.